The van der Waals surface area contributed by atoms with E-state index in [-0.39, 0.29) is 17.4 Å². The van der Waals surface area contributed by atoms with E-state index in [0.29, 0.717) is 24.0 Å². The molecule has 0 radical (unpaired) electrons. The van der Waals surface area contributed by atoms with Crippen LogP contribution in [-0.2, 0) is 18.3 Å². The maximum atomic E-state index is 13.3. The molecule has 0 aliphatic carbocycles. The summed E-state index contributed by atoms with van der Waals surface area (Å²) in [5.74, 6) is 0.0112. The van der Waals surface area contributed by atoms with Crippen molar-refractivity contribution < 1.29 is 14.1 Å². The zero-order valence-electron chi connectivity index (χ0n) is 14.6. The van der Waals surface area contributed by atoms with E-state index >= 15 is 0 Å². The average Bonchev–Trinajstić information content (AvgIpc) is 2.95. The Bertz CT molecular complexity index is 1040. The number of hydrogen-bond acceptors (Lipinski definition) is 4. The Labute approximate surface area is 154 Å². The van der Waals surface area contributed by atoms with Crippen LogP contribution >= 0.6 is 0 Å². The van der Waals surface area contributed by atoms with Gasteiger partial charge in [-0.3, -0.25) is 14.9 Å². The largest absolute Gasteiger partial charge is 0.352 e. The lowest BCUT2D eigenvalue weighted by atomic mass is 10.1. The van der Waals surface area contributed by atoms with E-state index < -0.39 is 4.92 Å². The number of amides is 1. The number of nitro groups is 1. The lowest BCUT2D eigenvalue weighted by molar-refractivity contribution is -0.385. The van der Waals surface area contributed by atoms with Crippen LogP contribution in [0.15, 0.2) is 48.5 Å². The Balaban J connectivity index is 1.60. The molecule has 3 aromatic rings. The summed E-state index contributed by atoms with van der Waals surface area (Å²) in [5.41, 5.74) is 1.67. The minimum Gasteiger partial charge on any atom is -0.352 e. The van der Waals surface area contributed by atoms with Crippen molar-refractivity contribution in [1.82, 2.24) is 14.9 Å². The summed E-state index contributed by atoms with van der Waals surface area (Å²) in [6, 6.07) is 10.6. The van der Waals surface area contributed by atoms with E-state index in [4.69, 9.17) is 0 Å². The van der Waals surface area contributed by atoms with Crippen LogP contribution in [0.3, 0.4) is 0 Å². The molecule has 0 saturated carbocycles. The second-order valence-electron chi connectivity index (χ2n) is 5.91. The van der Waals surface area contributed by atoms with Gasteiger partial charge in [-0.25, -0.2) is 9.37 Å². The van der Waals surface area contributed by atoms with Crippen LogP contribution in [0, 0.1) is 15.9 Å². The molecule has 138 valence electrons. The first-order chi connectivity index (χ1) is 13.0. The molecule has 0 spiro atoms. The van der Waals surface area contributed by atoms with Crippen molar-refractivity contribution in [2.45, 2.75) is 6.42 Å². The number of carbonyl (C=O) groups is 1. The molecule has 0 saturated heterocycles. The van der Waals surface area contributed by atoms with Gasteiger partial charge >= 0.3 is 0 Å². The highest BCUT2D eigenvalue weighted by Gasteiger charge is 2.10. The second-order valence-corrected chi connectivity index (χ2v) is 5.91. The number of hydrogen-bond donors (Lipinski definition) is 1. The molecule has 1 amide bonds. The maximum Gasteiger partial charge on any atom is 0.276 e. The monoisotopic (exact) mass is 368 g/mol. The summed E-state index contributed by atoms with van der Waals surface area (Å²) in [6.07, 6.45) is 3.13. The summed E-state index contributed by atoms with van der Waals surface area (Å²) in [6.45, 7) is 0.333. The maximum absolute atomic E-state index is 13.3. The molecular weight excluding hydrogens is 351 g/mol. The van der Waals surface area contributed by atoms with Gasteiger partial charge in [0, 0.05) is 38.2 Å². The third kappa shape index (κ3) is 4.17. The van der Waals surface area contributed by atoms with Crippen LogP contribution in [0.5, 0.6) is 0 Å². The molecule has 0 fully saturated rings. The summed E-state index contributed by atoms with van der Waals surface area (Å²) in [7, 11) is 1.83. The lowest BCUT2D eigenvalue weighted by Gasteiger charge is -2.03. The molecule has 3 rings (SSSR count). The number of para-hydroxylation sites is 1. The van der Waals surface area contributed by atoms with Crippen LogP contribution in [0.4, 0.5) is 10.1 Å². The molecule has 7 nitrogen and oxygen atoms in total. The van der Waals surface area contributed by atoms with Crippen molar-refractivity contribution in [3.8, 4) is 0 Å². The standard InChI is InChI=1S/C19H17FN4O3/c1-23-17-8-7-14(20)12-15(17)22-18(23)10-11-21-19(25)9-6-13-4-2-3-5-16(13)24(26)27/h2-9,12H,10-11H2,1H3,(H,21,25)/b9-6+. The average molecular weight is 368 g/mol. The molecule has 0 aliphatic heterocycles. The molecule has 1 N–H and O–H groups in total. The molecule has 0 bridgehead atoms. The summed E-state index contributed by atoms with van der Waals surface area (Å²) < 4.78 is 15.1. The highest BCUT2D eigenvalue weighted by Crippen LogP contribution is 2.19. The Hall–Kier alpha value is -3.55. The first kappa shape index (κ1) is 18.2. The van der Waals surface area contributed by atoms with Crippen molar-refractivity contribution in [2.24, 2.45) is 7.05 Å². The van der Waals surface area contributed by atoms with Gasteiger partial charge in [0.05, 0.1) is 21.5 Å². The summed E-state index contributed by atoms with van der Waals surface area (Å²) in [5, 5.41) is 13.7. The van der Waals surface area contributed by atoms with Crippen LogP contribution in [0.2, 0.25) is 0 Å². The van der Waals surface area contributed by atoms with Crippen molar-refractivity contribution in [3.63, 3.8) is 0 Å². The predicted molar refractivity (Wildman–Crippen MR) is 99.5 cm³/mol. The zero-order chi connectivity index (χ0) is 19.4. The fourth-order valence-corrected chi connectivity index (χ4v) is 2.76. The van der Waals surface area contributed by atoms with E-state index in [0.717, 1.165) is 11.3 Å². The molecule has 27 heavy (non-hydrogen) atoms. The van der Waals surface area contributed by atoms with E-state index in [1.165, 1.54) is 30.4 Å². The molecule has 0 unspecified atom stereocenters. The van der Waals surface area contributed by atoms with E-state index in [1.807, 2.05) is 11.6 Å². The van der Waals surface area contributed by atoms with Gasteiger partial charge in [0.25, 0.3) is 5.69 Å². The van der Waals surface area contributed by atoms with E-state index in [9.17, 15) is 19.3 Å². The molecule has 0 atom stereocenters. The third-order valence-electron chi connectivity index (χ3n) is 4.13. The number of nitrogens with one attached hydrogen (secondary N) is 1. The van der Waals surface area contributed by atoms with Gasteiger partial charge in [0.1, 0.15) is 11.6 Å². The first-order valence-electron chi connectivity index (χ1n) is 8.26. The van der Waals surface area contributed by atoms with E-state index in [1.54, 1.807) is 24.3 Å². The van der Waals surface area contributed by atoms with Crippen molar-refractivity contribution in [3.05, 3.63) is 75.9 Å². The summed E-state index contributed by atoms with van der Waals surface area (Å²) >= 11 is 0. The Morgan fingerprint density at radius 3 is 2.89 bits per heavy atom. The van der Waals surface area contributed by atoms with E-state index in [2.05, 4.69) is 10.3 Å². The smallest absolute Gasteiger partial charge is 0.276 e. The highest BCUT2D eigenvalue weighted by atomic mass is 19.1. The number of aryl methyl sites for hydroxylation is 1. The van der Waals surface area contributed by atoms with Gasteiger partial charge in [-0.2, -0.15) is 0 Å². The quantitative estimate of drug-likeness (QED) is 0.411. The van der Waals surface area contributed by atoms with Crippen LogP contribution in [0.1, 0.15) is 11.4 Å². The third-order valence-corrected chi connectivity index (χ3v) is 4.13. The Kier molecular flexibility index (Phi) is 5.25. The molecular formula is C19H17FN4O3. The minimum absolute atomic E-state index is 0.0616. The number of fused-ring (bicyclic) bond motifs is 1. The number of aromatic nitrogens is 2. The Morgan fingerprint density at radius 2 is 2.11 bits per heavy atom. The van der Waals surface area contributed by atoms with Crippen molar-refractivity contribution >= 4 is 28.7 Å². The fraction of sp³-hybridized carbons (Fsp3) is 0.158. The number of carbonyl (C=O) groups excluding carboxylic acids is 1. The highest BCUT2D eigenvalue weighted by molar-refractivity contribution is 5.92. The molecule has 8 heteroatoms. The number of imidazole rings is 1. The lowest BCUT2D eigenvalue weighted by Crippen LogP contribution is -2.24. The molecule has 0 aliphatic rings. The SMILES string of the molecule is Cn1c(CCNC(=O)/C=C/c2ccccc2[N+](=O)[O-])nc2cc(F)ccc21. The minimum atomic E-state index is -0.494. The van der Waals surface area contributed by atoms with Gasteiger partial charge in [-0.05, 0) is 24.3 Å². The predicted octanol–water partition coefficient (Wildman–Crippen LogP) is 2.99. The number of nitro benzene ring substituents is 1. The van der Waals surface area contributed by atoms with Crippen molar-refractivity contribution in [2.75, 3.05) is 6.54 Å². The number of benzene rings is 2. The fourth-order valence-electron chi connectivity index (χ4n) is 2.76. The second kappa shape index (κ2) is 7.77. The topological polar surface area (TPSA) is 90.1 Å². The molecule has 1 heterocycles. The number of rotatable bonds is 6. The number of halogens is 1. The van der Waals surface area contributed by atoms with Gasteiger partial charge in [-0.1, -0.05) is 12.1 Å². The van der Waals surface area contributed by atoms with Crippen LogP contribution in [0.25, 0.3) is 17.1 Å². The van der Waals surface area contributed by atoms with Crippen LogP contribution < -0.4 is 5.32 Å². The molecule has 1 aromatic heterocycles. The summed E-state index contributed by atoms with van der Waals surface area (Å²) in [4.78, 5) is 26.8. The molecule has 2 aromatic carbocycles. The first-order valence-corrected chi connectivity index (χ1v) is 8.26. The Morgan fingerprint density at radius 1 is 1.33 bits per heavy atom. The van der Waals surface area contributed by atoms with Gasteiger partial charge in [-0.15, -0.1) is 0 Å². The number of nitrogens with zero attached hydrogens (tertiary/aromatic N) is 3. The van der Waals surface area contributed by atoms with Crippen molar-refractivity contribution in [1.29, 1.82) is 0 Å². The van der Waals surface area contributed by atoms with Gasteiger partial charge in [0.15, 0.2) is 0 Å². The normalized spacial score (nSPS) is 11.2. The van der Waals surface area contributed by atoms with Gasteiger partial charge in [0.2, 0.25) is 5.91 Å². The van der Waals surface area contributed by atoms with Gasteiger partial charge < -0.3 is 9.88 Å². The van der Waals surface area contributed by atoms with Crippen LogP contribution in [-0.4, -0.2) is 26.9 Å². The zero-order valence-corrected chi connectivity index (χ0v) is 14.6.